The molecule has 2 rings (SSSR count). The van der Waals surface area contributed by atoms with Crippen molar-refractivity contribution in [2.45, 2.75) is 12.8 Å². The summed E-state index contributed by atoms with van der Waals surface area (Å²) in [5.74, 6) is -1.87. The predicted octanol–water partition coefficient (Wildman–Crippen LogP) is 0.617. The summed E-state index contributed by atoms with van der Waals surface area (Å²) in [5.41, 5.74) is 0.657. The van der Waals surface area contributed by atoms with Gasteiger partial charge in [0.1, 0.15) is 0 Å². The van der Waals surface area contributed by atoms with E-state index >= 15 is 0 Å². The number of imide groups is 1. The van der Waals surface area contributed by atoms with Crippen LogP contribution in [0.2, 0.25) is 0 Å². The maximum absolute atomic E-state index is 11.8. The van der Waals surface area contributed by atoms with E-state index in [1.807, 2.05) is 0 Å². The third-order valence-electron chi connectivity index (χ3n) is 2.57. The van der Waals surface area contributed by atoms with Crippen molar-refractivity contribution < 1.29 is 23.9 Å². The molecule has 7 nitrogen and oxygen atoms in total. The molecule has 1 saturated heterocycles. The van der Waals surface area contributed by atoms with Crippen LogP contribution in [-0.2, 0) is 19.1 Å². The molecule has 0 radical (unpaired) electrons. The molecule has 1 aliphatic rings. The van der Waals surface area contributed by atoms with Crippen LogP contribution < -0.4 is 0 Å². The van der Waals surface area contributed by atoms with Crippen LogP contribution in [0, 0.1) is 0 Å². The van der Waals surface area contributed by atoms with Gasteiger partial charge in [-0.15, -0.1) is 0 Å². The van der Waals surface area contributed by atoms with E-state index in [-0.39, 0.29) is 18.4 Å². The molecule has 0 spiro atoms. The molecule has 0 atom stereocenters. The quantitative estimate of drug-likeness (QED) is 0.455. The minimum atomic E-state index is -0.806. The third-order valence-corrected chi connectivity index (χ3v) is 2.57. The molecular weight excluding hydrogens is 263 g/mol. The fourth-order valence-electron chi connectivity index (χ4n) is 1.59. The molecule has 1 aliphatic heterocycles. The fourth-order valence-corrected chi connectivity index (χ4v) is 1.59. The Morgan fingerprint density at radius 2 is 1.80 bits per heavy atom. The Kier molecular flexibility index (Phi) is 4.14. The normalized spacial score (nSPS) is 14.7. The van der Waals surface area contributed by atoms with Gasteiger partial charge in [0, 0.05) is 0 Å². The summed E-state index contributed by atoms with van der Waals surface area (Å²) in [5, 5.41) is 0.487. The van der Waals surface area contributed by atoms with Gasteiger partial charge in [-0.2, -0.15) is 0 Å². The molecule has 1 aromatic rings. The van der Waals surface area contributed by atoms with Gasteiger partial charge in [-0.1, -0.05) is 0 Å². The molecule has 1 fully saturated rings. The van der Waals surface area contributed by atoms with Crippen molar-refractivity contribution in [1.29, 1.82) is 0 Å². The Bertz CT molecular complexity index is 580. The van der Waals surface area contributed by atoms with Gasteiger partial charge in [0.25, 0.3) is 0 Å². The number of nitrogens with zero attached hydrogens (tertiary/aromatic N) is 2. The Morgan fingerprint density at radius 3 is 2.35 bits per heavy atom. The number of benzene rings is 1. The first kappa shape index (κ1) is 13.8. The summed E-state index contributed by atoms with van der Waals surface area (Å²) >= 11 is 0. The van der Waals surface area contributed by atoms with Gasteiger partial charge in [0.2, 0.25) is 0 Å². The predicted molar refractivity (Wildman–Crippen MR) is 67.5 cm³/mol. The van der Waals surface area contributed by atoms with Gasteiger partial charge in [-0.05, 0) is 0 Å². The number of rotatable bonds is 4. The Hall–Kier alpha value is -2.64. The Balaban J connectivity index is 2.06. The third kappa shape index (κ3) is 3.03. The minimum absolute atomic E-state index is 0.0471. The summed E-state index contributed by atoms with van der Waals surface area (Å²) in [7, 11) is 0.534. The van der Waals surface area contributed by atoms with E-state index in [0.717, 1.165) is 6.11 Å². The Morgan fingerprint density at radius 1 is 1.20 bits per heavy atom. The summed E-state index contributed by atoms with van der Waals surface area (Å²) in [6.07, 6.45) is 1.17. The van der Waals surface area contributed by atoms with Crippen LogP contribution in [0.25, 0.3) is 0 Å². The molecule has 8 heteroatoms. The van der Waals surface area contributed by atoms with Gasteiger partial charge in [-0.3, -0.25) is 0 Å². The van der Waals surface area contributed by atoms with E-state index in [9.17, 15) is 19.1 Å². The van der Waals surface area contributed by atoms with E-state index in [0.29, 0.717) is 17.9 Å². The molecule has 0 saturated carbocycles. The zero-order valence-corrected chi connectivity index (χ0v) is 10.3. The van der Waals surface area contributed by atoms with E-state index < -0.39 is 17.8 Å². The molecule has 0 unspecified atom stereocenters. The SMILES string of the molecule is O=BC=Nc1ccc(C(=O)ON2C(=O)CCC2=O)cc1. The maximum atomic E-state index is 11.8. The summed E-state index contributed by atoms with van der Waals surface area (Å²) in [4.78, 5) is 42.9. The standard InChI is InChI=1S/C12H9BN2O5/c16-10-5-6-11(17)15(10)20-12(18)8-1-3-9(4-2-8)14-7-13-19/h1-4,7H,5-6H2. The molecule has 100 valence electrons. The van der Waals surface area contributed by atoms with E-state index in [1.54, 1.807) is 0 Å². The van der Waals surface area contributed by atoms with Gasteiger partial charge in [0.15, 0.2) is 0 Å². The van der Waals surface area contributed by atoms with Crippen LogP contribution in [0.4, 0.5) is 5.69 Å². The van der Waals surface area contributed by atoms with Crippen LogP contribution in [0.15, 0.2) is 29.3 Å². The second-order valence-electron chi connectivity index (χ2n) is 3.92. The molecule has 1 heterocycles. The van der Waals surface area contributed by atoms with Crippen LogP contribution in [-0.4, -0.2) is 36.1 Å². The molecule has 20 heavy (non-hydrogen) atoms. The van der Waals surface area contributed by atoms with Crippen LogP contribution in [0.3, 0.4) is 0 Å². The fraction of sp³-hybridized carbons (Fsp3) is 0.167. The second kappa shape index (κ2) is 6.00. The van der Waals surface area contributed by atoms with Crippen LogP contribution >= 0.6 is 0 Å². The summed E-state index contributed by atoms with van der Waals surface area (Å²) in [6.45, 7) is 0. The Labute approximate surface area is 114 Å². The number of amides is 2. The number of carbonyl (C=O) groups is 3. The average Bonchev–Trinajstić information content (AvgIpc) is 2.77. The zero-order valence-electron chi connectivity index (χ0n) is 10.3. The number of hydroxylamine groups is 2. The van der Waals surface area contributed by atoms with E-state index in [1.165, 1.54) is 24.3 Å². The van der Waals surface area contributed by atoms with E-state index in [2.05, 4.69) is 4.99 Å². The van der Waals surface area contributed by atoms with E-state index in [4.69, 9.17) is 4.84 Å². The average molecular weight is 272 g/mol. The van der Waals surface area contributed by atoms with Crippen molar-refractivity contribution in [1.82, 2.24) is 5.06 Å². The van der Waals surface area contributed by atoms with Gasteiger partial charge in [-0.25, -0.2) is 0 Å². The number of hydrogen-bond acceptors (Lipinski definition) is 6. The summed E-state index contributed by atoms with van der Waals surface area (Å²) in [6, 6.07) is 5.85. The molecular formula is C12H9BN2O5. The van der Waals surface area contributed by atoms with Crippen LogP contribution in [0.1, 0.15) is 23.2 Å². The number of carbonyl (C=O) groups excluding carboxylic acids is 3. The molecule has 0 bridgehead atoms. The number of hydrogen-bond donors (Lipinski definition) is 0. The van der Waals surface area contributed by atoms with Crippen LogP contribution in [0.5, 0.6) is 0 Å². The second-order valence-corrected chi connectivity index (χ2v) is 3.92. The first-order valence-corrected chi connectivity index (χ1v) is 5.78. The molecule has 2 amide bonds. The van der Waals surface area contributed by atoms with Crippen molar-refractivity contribution in [2.75, 3.05) is 0 Å². The van der Waals surface area contributed by atoms with Crippen molar-refractivity contribution in [3.05, 3.63) is 29.8 Å². The number of aliphatic imine (C=N–C) groups is 1. The first-order chi connectivity index (χ1) is 9.61. The monoisotopic (exact) mass is 272 g/mol. The van der Waals surface area contributed by atoms with Crippen molar-refractivity contribution in [3.8, 4) is 0 Å². The molecule has 0 N–H and O–H groups in total. The van der Waals surface area contributed by atoms with Gasteiger partial charge < -0.3 is 0 Å². The van der Waals surface area contributed by atoms with Crippen molar-refractivity contribution in [3.63, 3.8) is 0 Å². The molecule has 0 aliphatic carbocycles. The zero-order chi connectivity index (χ0) is 14.5. The topological polar surface area (TPSA) is 93.1 Å². The van der Waals surface area contributed by atoms with Gasteiger partial charge in [0.05, 0.1) is 0 Å². The first-order valence-electron chi connectivity index (χ1n) is 5.78. The van der Waals surface area contributed by atoms with Crippen molar-refractivity contribution in [2.24, 2.45) is 4.99 Å². The van der Waals surface area contributed by atoms with Crippen molar-refractivity contribution >= 4 is 36.7 Å². The molecule has 1 aromatic carbocycles. The molecule has 0 aromatic heterocycles. The van der Waals surface area contributed by atoms with Gasteiger partial charge >= 0.3 is 113 Å². The summed E-state index contributed by atoms with van der Waals surface area (Å²) < 4.78 is 10.1.